The average Bonchev–Trinajstić information content (AvgIpc) is 3.04. The fraction of sp³-hybridized carbons (Fsp3) is 0.500. The largest absolute Gasteiger partial charge is 0.395 e. The fourth-order valence-corrected chi connectivity index (χ4v) is 2.89. The number of nitrogens with zero attached hydrogens (tertiary/aromatic N) is 1. The van der Waals surface area contributed by atoms with Crippen LogP contribution in [-0.2, 0) is 6.54 Å². The van der Waals surface area contributed by atoms with E-state index in [9.17, 15) is 5.11 Å². The molecule has 1 aliphatic heterocycles. The number of nitrogens with one attached hydrogen (secondary N) is 3. The van der Waals surface area contributed by atoms with Gasteiger partial charge in [-0.15, -0.1) is 0 Å². The van der Waals surface area contributed by atoms with Crippen LogP contribution in [0.15, 0.2) is 53.6 Å². The van der Waals surface area contributed by atoms with E-state index in [1.54, 1.807) is 0 Å². The second-order valence-electron chi connectivity index (χ2n) is 6.86. The minimum atomic E-state index is 0.104. The first-order valence-corrected chi connectivity index (χ1v) is 9.41. The Morgan fingerprint density at radius 3 is 2.65 bits per heavy atom. The van der Waals surface area contributed by atoms with Crippen LogP contribution in [-0.4, -0.2) is 35.9 Å². The van der Waals surface area contributed by atoms with Crippen LogP contribution in [0.1, 0.15) is 32.8 Å². The van der Waals surface area contributed by atoms with Crippen LogP contribution >= 0.6 is 0 Å². The van der Waals surface area contributed by atoms with Gasteiger partial charge in [-0.25, -0.2) is 10.4 Å². The summed E-state index contributed by atoms with van der Waals surface area (Å²) < 4.78 is 0. The summed E-state index contributed by atoms with van der Waals surface area (Å²) in [5, 5.41) is 18.1. The topological polar surface area (TPSA) is 85.6 Å². The number of rotatable bonds is 10. The molecule has 1 atom stereocenters. The summed E-state index contributed by atoms with van der Waals surface area (Å²) in [4.78, 5) is 0. The summed E-state index contributed by atoms with van der Waals surface area (Å²) in [6, 6.07) is 10.4. The van der Waals surface area contributed by atoms with Gasteiger partial charge in [0.2, 0.25) is 0 Å². The van der Waals surface area contributed by atoms with Crippen molar-refractivity contribution in [2.75, 3.05) is 19.7 Å². The molecule has 0 unspecified atom stereocenters. The Morgan fingerprint density at radius 1 is 1.35 bits per heavy atom. The van der Waals surface area contributed by atoms with Crippen molar-refractivity contribution >= 4 is 0 Å². The molecule has 1 heterocycles. The Morgan fingerprint density at radius 2 is 2.08 bits per heavy atom. The van der Waals surface area contributed by atoms with Crippen molar-refractivity contribution in [1.82, 2.24) is 21.1 Å². The van der Waals surface area contributed by atoms with Crippen LogP contribution in [0.3, 0.4) is 0 Å². The quantitative estimate of drug-likeness (QED) is 0.437. The van der Waals surface area contributed by atoms with Gasteiger partial charge in [0.05, 0.1) is 6.61 Å². The van der Waals surface area contributed by atoms with Gasteiger partial charge >= 0.3 is 0 Å². The third kappa shape index (κ3) is 5.49. The highest BCUT2D eigenvalue weighted by atomic mass is 16.3. The second kappa shape index (κ2) is 10.2. The highest BCUT2D eigenvalue weighted by molar-refractivity contribution is 5.24. The van der Waals surface area contributed by atoms with Gasteiger partial charge in [0, 0.05) is 25.7 Å². The zero-order chi connectivity index (χ0) is 18.9. The van der Waals surface area contributed by atoms with Gasteiger partial charge in [-0.2, -0.15) is 0 Å². The van der Waals surface area contributed by atoms with E-state index in [1.165, 1.54) is 11.1 Å². The highest BCUT2D eigenvalue weighted by Gasteiger charge is 2.24. The van der Waals surface area contributed by atoms with Crippen LogP contribution in [0, 0.1) is 5.92 Å². The Bertz CT molecular complexity index is 608. The summed E-state index contributed by atoms with van der Waals surface area (Å²) in [5.41, 5.74) is 12.2. The second-order valence-corrected chi connectivity index (χ2v) is 6.86. The fourth-order valence-electron chi connectivity index (χ4n) is 2.89. The first-order chi connectivity index (χ1) is 12.6. The maximum absolute atomic E-state index is 9.34. The Balaban J connectivity index is 2.10. The van der Waals surface area contributed by atoms with Gasteiger partial charge in [-0.3, -0.25) is 0 Å². The lowest BCUT2D eigenvalue weighted by molar-refractivity contribution is 0.242. The number of hydrogen-bond acceptors (Lipinski definition) is 6. The summed E-state index contributed by atoms with van der Waals surface area (Å²) >= 11 is 0. The molecule has 0 bridgehead atoms. The standard InChI is InChI=1S/C20H33N5O/c1-4-17(14-26)22-11-10-19(23-12-16-8-6-5-7-9-16)25-20(21)18(13-24-25)15(2)3/h5-10,15,17,22-24,26H,4,11-14,21H2,1-3H3/b19-10-/t17-/m1/s1. The van der Waals surface area contributed by atoms with Gasteiger partial charge in [0.15, 0.2) is 0 Å². The third-order valence-corrected chi connectivity index (χ3v) is 4.67. The molecular formula is C20H33N5O. The molecule has 1 aromatic rings. The van der Waals surface area contributed by atoms with Crippen molar-refractivity contribution in [3.8, 4) is 0 Å². The number of nitrogens with two attached hydrogens (primary N) is 1. The Kier molecular flexibility index (Phi) is 7.97. The molecule has 1 aromatic carbocycles. The molecule has 0 radical (unpaired) electrons. The van der Waals surface area contributed by atoms with Crippen LogP contribution in [0.25, 0.3) is 0 Å². The molecule has 26 heavy (non-hydrogen) atoms. The van der Waals surface area contributed by atoms with Gasteiger partial charge in [0.25, 0.3) is 0 Å². The number of benzene rings is 1. The first-order valence-electron chi connectivity index (χ1n) is 9.41. The third-order valence-electron chi connectivity index (χ3n) is 4.67. The molecule has 0 aliphatic carbocycles. The van der Waals surface area contributed by atoms with E-state index < -0.39 is 0 Å². The summed E-state index contributed by atoms with van der Waals surface area (Å²) in [6.07, 6.45) is 2.96. The molecule has 0 saturated heterocycles. The molecule has 6 nitrogen and oxygen atoms in total. The van der Waals surface area contributed by atoms with Crippen LogP contribution < -0.4 is 21.8 Å². The maximum atomic E-state index is 9.34. The molecule has 0 spiro atoms. The molecular weight excluding hydrogens is 326 g/mol. The van der Waals surface area contributed by atoms with E-state index in [-0.39, 0.29) is 12.6 Å². The molecule has 1 aliphatic rings. The average molecular weight is 360 g/mol. The van der Waals surface area contributed by atoms with Crippen LogP contribution in [0.4, 0.5) is 0 Å². The molecule has 6 heteroatoms. The monoisotopic (exact) mass is 359 g/mol. The van der Waals surface area contributed by atoms with Gasteiger partial charge in [-0.05, 0) is 29.6 Å². The van der Waals surface area contributed by atoms with Gasteiger partial charge < -0.3 is 21.5 Å². The lowest BCUT2D eigenvalue weighted by atomic mass is 10.0. The summed E-state index contributed by atoms with van der Waals surface area (Å²) in [6.45, 7) is 8.63. The van der Waals surface area contributed by atoms with Crippen molar-refractivity contribution in [3.63, 3.8) is 0 Å². The minimum absolute atomic E-state index is 0.104. The summed E-state index contributed by atoms with van der Waals surface area (Å²) in [5.74, 6) is 2.09. The van der Waals surface area contributed by atoms with Crippen LogP contribution in [0.5, 0.6) is 0 Å². The number of hydrazine groups is 1. The van der Waals surface area contributed by atoms with Crippen molar-refractivity contribution in [2.24, 2.45) is 11.7 Å². The van der Waals surface area contributed by atoms with E-state index in [1.807, 2.05) is 23.2 Å². The van der Waals surface area contributed by atoms with Crippen molar-refractivity contribution < 1.29 is 5.11 Å². The predicted octanol–water partition coefficient (Wildman–Crippen LogP) is 1.62. The number of aliphatic hydroxyl groups is 1. The van der Waals surface area contributed by atoms with Crippen molar-refractivity contribution in [1.29, 1.82) is 0 Å². The predicted molar refractivity (Wildman–Crippen MR) is 106 cm³/mol. The molecule has 0 aromatic heterocycles. The zero-order valence-electron chi connectivity index (χ0n) is 16.1. The van der Waals surface area contributed by atoms with Crippen LogP contribution in [0.2, 0.25) is 0 Å². The smallest absolute Gasteiger partial charge is 0.120 e. The highest BCUT2D eigenvalue weighted by Crippen LogP contribution is 2.21. The van der Waals surface area contributed by atoms with E-state index >= 15 is 0 Å². The van der Waals surface area contributed by atoms with Crippen molar-refractivity contribution in [3.05, 3.63) is 59.2 Å². The molecule has 6 N–H and O–H groups in total. The van der Waals surface area contributed by atoms with Gasteiger partial charge in [-0.1, -0.05) is 51.1 Å². The summed E-state index contributed by atoms with van der Waals surface area (Å²) in [7, 11) is 0. The molecule has 0 saturated carbocycles. The minimum Gasteiger partial charge on any atom is -0.395 e. The Hall–Kier alpha value is -2.02. The molecule has 0 amide bonds. The lowest BCUT2D eigenvalue weighted by Gasteiger charge is -2.25. The Labute approximate surface area is 157 Å². The van der Waals surface area contributed by atoms with Crippen molar-refractivity contribution in [2.45, 2.75) is 39.8 Å². The lowest BCUT2D eigenvalue weighted by Crippen LogP contribution is -2.40. The first kappa shape index (κ1) is 20.3. The van der Waals surface area contributed by atoms with E-state index in [4.69, 9.17) is 5.73 Å². The van der Waals surface area contributed by atoms with E-state index in [0.29, 0.717) is 19.0 Å². The maximum Gasteiger partial charge on any atom is 0.120 e. The van der Waals surface area contributed by atoms with Gasteiger partial charge in [0.1, 0.15) is 11.6 Å². The normalized spacial score (nSPS) is 16.5. The number of hydrogen-bond donors (Lipinski definition) is 5. The van der Waals surface area contributed by atoms with E-state index in [2.05, 4.69) is 55.0 Å². The molecule has 2 rings (SSSR count). The van der Waals surface area contributed by atoms with E-state index in [0.717, 1.165) is 24.6 Å². The number of aliphatic hydroxyl groups excluding tert-OH is 1. The SMILES string of the molecule is CC[C@H](CO)NC/C=C(/NCc1ccccc1)N1NCC(C(C)C)=C1N. The zero-order valence-corrected chi connectivity index (χ0v) is 16.1. The molecule has 0 fully saturated rings. The molecule has 144 valence electrons.